The number of hydrogen-bond donors (Lipinski definition) is 1. The van der Waals surface area contributed by atoms with Crippen LogP contribution in [-0.2, 0) is 6.42 Å². The first-order valence-corrected chi connectivity index (χ1v) is 5.82. The third-order valence-electron chi connectivity index (χ3n) is 2.14. The van der Waals surface area contributed by atoms with Gasteiger partial charge in [-0.15, -0.1) is 11.3 Å². The highest BCUT2D eigenvalue weighted by Crippen LogP contribution is 2.20. The highest BCUT2D eigenvalue weighted by Gasteiger charge is 2.01. The molecule has 0 aliphatic carbocycles. The Hall–Kier alpha value is -0.340. The molecule has 74 valence electrons. The van der Waals surface area contributed by atoms with Gasteiger partial charge in [0.05, 0.1) is 0 Å². The second kappa shape index (κ2) is 5.40. The lowest BCUT2D eigenvalue weighted by Crippen LogP contribution is -2.17. The molecule has 0 atom stereocenters. The highest BCUT2D eigenvalue weighted by molar-refractivity contribution is 7.12. The summed E-state index contributed by atoms with van der Waals surface area (Å²) in [7, 11) is 0. The van der Waals surface area contributed by atoms with Gasteiger partial charge in [-0.05, 0) is 51.4 Å². The minimum atomic E-state index is 1.12. The van der Waals surface area contributed by atoms with E-state index in [1.54, 1.807) is 0 Å². The van der Waals surface area contributed by atoms with E-state index in [1.807, 2.05) is 11.3 Å². The predicted octanol–water partition coefficient (Wildman–Crippen LogP) is 2.91. The first kappa shape index (κ1) is 10.7. The molecule has 0 aliphatic rings. The van der Waals surface area contributed by atoms with E-state index in [2.05, 4.69) is 32.2 Å². The van der Waals surface area contributed by atoms with Gasteiger partial charge in [-0.25, -0.2) is 0 Å². The van der Waals surface area contributed by atoms with Crippen LogP contribution < -0.4 is 5.32 Å². The second-order valence-corrected chi connectivity index (χ2v) is 4.90. The van der Waals surface area contributed by atoms with Crippen LogP contribution in [0.25, 0.3) is 0 Å². The average Bonchev–Trinajstić information content (AvgIpc) is 2.39. The van der Waals surface area contributed by atoms with Crippen molar-refractivity contribution in [2.75, 3.05) is 13.1 Å². The standard InChI is InChI=1S/C11H19NS/c1-4-6-12-7-5-11-8-9(2)13-10(11)3/h8,12H,4-7H2,1-3H3. The maximum absolute atomic E-state index is 3.42. The van der Waals surface area contributed by atoms with Crippen molar-refractivity contribution in [3.63, 3.8) is 0 Å². The summed E-state index contributed by atoms with van der Waals surface area (Å²) in [6.07, 6.45) is 2.40. The average molecular weight is 197 g/mol. The fourth-order valence-corrected chi connectivity index (χ4v) is 2.43. The van der Waals surface area contributed by atoms with Crippen LogP contribution >= 0.6 is 11.3 Å². The maximum atomic E-state index is 3.42. The highest BCUT2D eigenvalue weighted by atomic mass is 32.1. The molecule has 2 heteroatoms. The first-order chi connectivity index (χ1) is 6.24. The van der Waals surface area contributed by atoms with Crippen LogP contribution in [0.15, 0.2) is 6.07 Å². The quantitative estimate of drug-likeness (QED) is 0.716. The lowest BCUT2D eigenvalue weighted by atomic mass is 10.2. The Morgan fingerprint density at radius 3 is 2.62 bits per heavy atom. The predicted molar refractivity (Wildman–Crippen MR) is 60.7 cm³/mol. The molecule has 1 N–H and O–H groups in total. The van der Waals surface area contributed by atoms with Crippen LogP contribution in [0, 0.1) is 13.8 Å². The van der Waals surface area contributed by atoms with Crippen LogP contribution in [0.2, 0.25) is 0 Å². The summed E-state index contributed by atoms with van der Waals surface area (Å²) in [6.45, 7) is 8.85. The number of thiophene rings is 1. The van der Waals surface area contributed by atoms with Gasteiger partial charge in [-0.3, -0.25) is 0 Å². The molecule has 0 amide bonds. The molecular weight excluding hydrogens is 178 g/mol. The van der Waals surface area contributed by atoms with Crippen LogP contribution in [0.3, 0.4) is 0 Å². The largest absolute Gasteiger partial charge is 0.316 e. The van der Waals surface area contributed by atoms with E-state index in [0.29, 0.717) is 0 Å². The van der Waals surface area contributed by atoms with Crippen LogP contribution in [0.1, 0.15) is 28.7 Å². The van der Waals surface area contributed by atoms with Gasteiger partial charge in [0.15, 0.2) is 0 Å². The van der Waals surface area contributed by atoms with E-state index in [1.165, 1.54) is 28.2 Å². The normalized spacial score (nSPS) is 10.7. The minimum absolute atomic E-state index is 1.12. The third-order valence-corrected chi connectivity index (χ3v) is 3.15. The van der Waals surface area contributed by atoms with Crippen molar-refractivity contribution in [1.29, 1.82) is 0 Å². The zero-order valence-electron chi connectivity index (χ0n) is 8.81. The summed E-state index contributed by atoms with van der Waals surface area (Å²) in [5, 5.41) is 3.42. The van der Waals surface area contributed by atoms with Crippen molar-refractivity contribution in [3.8, 4) is 0 Å². The van der Waals surface area contributed by atoms with E-state index < -0.39 is 0 Å². The summed E-state index contributed by atoms with van der Waals surface area (Å²) in [5.41, 5.74) is 1.52. The van der Waals surface area contributed by atoms with E-state index in [4.69, 9.17) is 0 Å². The molecule has 1 heterocycles. The molecule has 1 nitrogen and oxygen atoms in total. The second-order valence-electron chi connectivity index (χ2n) is 3.44. The number of rotatable bonds is 5. The molecule has 0 saturated heterocycles. The molecule has 0 radical (unpaired) electrons. The Morgan fingerprint density at radius 1 is 1.31 bits per heavy atom. The zero-order valence-corrected chi connectivity index (χ0v) is 9.63. The van der Waals surface area contributed by atoms with Gasteiger partial charge < -0.3 is 5.32 Å². The smallest absolute Gasteiger partial charge is 0.00495 e. The topological polar surface area (TPSA) is 12.0 Å². The molecule has 0 unspecified atom stereocenters. The molecule has 0 spiro atoms. The fourth-order valence-electron chi connectivity index (χ4n) is 1.46. The molecule has 0 aromatic carbocycles. The van der Waals surface area contributed by atoms with Crippen LogP contribution in [-0.4, -0.2) is 13.1 Å². The van der Waals surface area contributed by atoms with E-state index in [9.17, 15) is 0 Å². The van der Waals surface area contributed by atoms with Crippen molar-refractivity contribution in [1.82, 2.24) is 5.32 Å². The minimum Gasteiger partial charge on any atom is -0.316 e. The SMILES string of the molecule is CCCNCCc1cc(C)sc1C. The summed E-state index contributed by atoms with van der Waals surface area (Å²) < 4.78 is 0. The summed E-state index contributed by atoms with van der Waals surface area (Å²) in [5.74, 6) is 0. The zero-order chi connectivity index (χ0) is 9.68. The van der Waals surface area contributed by atoms with Gasteiger partial charge in [0.2, 0.25) is 0 Å². The van der Waals surface area contributed by atoms with Crippen molar-refractivity contribution < 1.29 is 0 Å². The molecular formula is C11H19NS. The molecule has 0 aliphatic heterocycles. The summed E-state index contributed by atoms with van der Waals surface area (Å²) in [4.78, 5) is 2.92. The molecule has 0 bridgehead atoms. The Morgan fingerprint density at radius 2 is 2.08 bits per heavy atom. The van der Waals surface area contributed by atoms with Crippen molar-refractivity contribution >= 4 is 11.3 Å². The molecule has 1 aromatic heterocycles. The fraction of sp³-hybridized carbons (Fsp3) is 0.636. The van der Waals surface area contributed by atoms with Crippen LogP contribution in [0.5, 0.6) is 0 Å². The van der Waals surface area contributed by atoms with Gasteiger partial charge in [-0.2, -0.15) is 0 Å². The van der Waals surface area contributed by atoms with Crippen molar-refractivity contribution in [2.24, 2.45) is 0 Å². The number of aryl methyl sites for hydroxylation is 2. The van der Waals surface area contributed by atoms with Crippen molar-refractivity contribution in [2.45, 2.75) is 33.6 Å². The van der Waals surface area contributed by atoms with Gasteiger partial charge in [0, 0.05) is 9.75 Å². The van der Waals surface area contributed by atoms with Gasteiger partial charge in [0.1, 0.15) is 0 Å². The van der Waals surface area contributed by atoms with E-state index in [-0.39, 0.29) is 0 Å². The Labute approximate surface area is 85.2 Å². The molecule has 1 rings (SSSR count). The molecule has 1 aromatic rings. The van der Waals surface area contributed by atoms with Crippen LogP contribution in [0.4, 0.5) is 0 Å². The summed E-state index contributed by atoms with van der Waals surface area (Å²) in [6, 6.07) is 2.31. The van der Waals surface area contributed by atoms with E-state index in [0.717, 1.165) is 13.1 Å². The number of hydrogen-bond acceptors (Lipinski definition) is 2. The Kier molecular flexibility index (Phi) is 4.46. The van der Waals surface area contributed by atoms with Gasteiger partial charge in [-0.1, -0.05) is 6.92 Å². The van der Waals surface area contributed by atoms with E-state index >= 15 is 0 Å². The molecule has 0 saturated carbocycles. The lowest BCUT2D eigenvalue weighted by Gasteiger charge is -2.01. The van der Waals surface area contributed by atoms with Gasteiger partial charge in [0.25, 0.3) is 0 Å². The molecule has 0 fully saturated rings. The van der Waals surface area contributed by atoms with Crippen molar-refractivity contribution in [3.05, 3.63) is 21.4 Å². The maximum Gasteiger partial charge on any atom is 0.00495 e. The number of nitrogens with one attached hydrogen (secondary N) is 1. The summed E-state index contributed by atoms with van der Waals surface area (Å²) >= 11 is 1.91. The van der Waals surface area contributed by atoms with Gasteiger partial charge >= 0.3 is 0 Å². The Bertz CT molecular complexity index is 253. The first-order valence-electron chi connectivity index (χ1n) is 5.00. The molecule has 13 heavy (non-hydrogen) atoms. The third kappa shape index (κ3) is 3.49. The monoisotopic (exact) mass is 197 g/mol. The lowest BCUT2D eigenvalue weighted by molar-refractivity contribution is 0.671. The Balaban J connectivity index is 2.32.